The van der Waals surface area contributed by atoms with E-state index in [0.717, 1.165) is 12.1 Å². The standard InChI is InChI=1S/C10H8F3N7/c1-19(14)8-9-16-17-18-20(9)7-4-5(10(11,12)13)2-3-6(7)15-8/h2-4H,14H2,1H3. The topological polar surface area (TPSA) is 85.2 Å². The van der Waals surface area contributed by atoms with Crippen molar-refractivity contribution in [1.29, 1.82) is 0 Å². The molecule has 0 radical (unpaired) electrons. The lowest BCUT2D eigenvalue weighted by Crippen LogP contribution is -2.27. The van der Waals surface area contributed by atoms with Crippen molar-refractivity contribution in [3.05, 3.63) is 23.8 Å². The molecule has 10 heteroatoms. The molecular weight excluding hydrogens is 275 g/mol. The average molecular weight is 283 g/mol. The molecule has 104 valence electrons. The third-order valence-electron chi connectivity index (χ3n) is 2.76. The van der Waals surface area contributed by atoms with Gasteiger partial charge in [0.25, 0.3) is 0 Å². The summed E-state index contributed by atoms with van der Waals surface area (Å²) in [7, 11) is 1.53. The monoisotopic (exact) mass is 283 g/mol. The summed E-state index contributed by atoms with van der Waals surface area (Å²) < 4.78 is 39.4. The Morgan fingerprint density at radius 2 is 2.05 bits per heavy atom. The van der Waals surface area contributed by atoms with E-state index in [4.69, 9.17) is 5.84 Å². The maximum atomic E-state index is 12.7. The molecule has 20 heavy (non-hydrogen) atoms. The number of rotatable bonds is 1. The van der Waals surface area contributed by atoms with Crippen molar-refractivity contribution >= 4 is 22.5 Å². The second kappa shape index (κ2) is 4.00. The first-order valence-electron chi connectivity index (χ1n) is 5.45. The minimum Gasteiger partial charge on any atom is -0.295 e. The fourth-order valence-corrected chi connectivity index (χ4v) is 1.85. The number of anilines is 1. The van der Waals surface area contributed by atoms with Crippen LogP contribution in [0.5, 0.6) is 0 Å². The molecule has 2 heterocycles. The van der Waals surface area contributed by atoms with Gasteiger partial charge in [0.2, 0.25) is 5.65 Å². The van der Waals surface area contributed by atoms with Crippen LogP contribution in [0.4, 0.5) is 19.0 Å². The quantitative estimate of drug-likeness (QED) is 0.530. The normalized spacial score (nSPS) is 12.2. The summed E-state index contributed by atoms with van der Waals surface area (Å²) in [5.74, 6) is 5.88. The highest BCUT2D eigenvalue weighted by molar-refractivity contribution is 5.82. The summed E-state index contributed by atoms with van der Waals surface area (Å²) in [5, 5.41) is 12.0. The van der Waals surface area contributed by atoms with Crippen LogP contribution in [0.25, 0.3) is 16.7 Å². The lowest BCUT2D eigenvalue weighted by atomic mass is 10.2. The molecule has 3 aromatic rings. The lowest BCUT2D eigenvalue weighted by molar-refractivity contribution is -0.137. The van der Waals surface area contributed by atoms with Crippen LogP contribution in [0.1, 0.15) is 5.56 Å². The minimum atomic E-state index is -4.45. The van der Waals surface area contributed by atoms with Crippen LogP contribution in [0.3, 0.4) is 0 Å². The van der Waals surface area contributed by atoms with Crippen molar-refractivity contribution < 1.29 is 13.2 Å². The largest absolute Gasteiger partial charge is 0.416 e. The number of benzene rings is 1. The summed E-state index contributed by atoms with van der Waals surface area (Å²) in [4.78, 5) is 4.17. The van der Waals surface area contributed by atoms with Gasteiger partial charge in [-0.2, -0.15) is 17.7 Å². The molecule has 0 saturated carbocycles. The van der Waals surface area contributed by atoms with Crippen molar-refractivity contribution in [2.24, 2.45) is 5.84 Å². The van der Waals surface area contributed by atoms with E-state index in [9.17, 15) is 13.2 Å². The van der Waals surface area contributed by atoms with Crippen molar-refractivity contribution in [3.8, 4) is 0 Å². The van der Waals surface area contributed by atoms with Crippen LogP contribution in [0.2, 0.25) is 0 Å². The molecule has 7 nitrogen and oxygen atoms in total. The predicted molar refractivity (Wildman–Crippen MR) is 63.7 cm³/mol. The van der Waals surface area contributed by atoms with Crippen LogP contribution in [0.15, 0.2) is 18.2 Å². The number of nitrogens with zero attached hydrogens (tertiary/aromatic N) is 6. The Hall–Kier alpha value is -2.49. The first-order valence-corrected chi connectivity index (χ1v) is 5.45. The molecule has 0 fully saturated rings. The van der Waals surface area contributed by atoms with Crippen LogP contribution < -0.4 is 10.9 Å². The maximum absolute atomic E-state index is 12.7. The maximum Gasteiger partial charge on any atom is 0.416 e. The Balaban J connectivity index is 2.39. The number of nitrogens with two attached hydrogens (primary N) is 1. The molecule has 3 rings (SSSR count). The van der Waals surface area contributed by atoms with Gasteiger partial charge in [0, 0.05) is 7.05 Å². The zero-order chi connectivity index (χ0) is 14.5. The molecule has 2 aromatic heterocycles. The predicted octanol–water partition coefficient (Wildman–Crippen LogP) is 1.00. The Kier molecular flexibility index (Phi) is 2.51. The van der Waals surface area contributed by atoms with E-state index in [1.54, 1.807) is 0 Å². The molecule has 0 spiro atoms. The Morgan fingerprint density at radius 1 is 1.30 bits per heavy atom. The van der Waals surface area contributed by atoms with Gasteiger partial charge in [-0.15, -0.1) is 5.10 Å². The Morgan fingerprint density at radius 3 is 2.70 bits per heavy atom. The highest BCUT2D eigenvalue weighted by Gasteiger charge is 2.31. The number of hydrogen-bond donors (Lipinski definition) is 1. The second-order valence-corrected chi connectivity index (χ2v) is 4.16. The van der Waals surface area contributed by atoms with Crippen LogP contribution >= 0.6 is 0 Å². The van der Waals surface area contributed by atoms with Gasteiger partial charge < -0.3 is 0 Å². The van der Waals surface area contributed by atoms with Crippen molar-refractivity contribution in [2.45, 2.75) is 6.18 Å². The second-order valence-electron chi connectivity index (χ2n) is 4.16. The van der Waals surface area contributed by atoms with E-state index >= 15 is 0 Å². The number of hydrazine groups is 1. The molecule has 0 bridgehead atoms. The number of halogens is 3. The smallest absolute Gasteiger partial charge is 0.295 e. The van der Waals surface area contributed by atoms with Gasteiger partial charge in [0.15, 0.2) is 5.82 Å². The summed E-state index contributed by atoms with van der Waals surface area (Å²) >= 11 is 0. The van der Waals surface area contributed by atoms with E-state index in [2.05, 4.69) is 20.5 Å². The molecule has 0 saturated heterocycles. The lowest BCUT2D eigenvalue weighted by Gasteiger charge is -2.13. The summed E-state index contributed by atoms with van der Waals surface area (Å²) in [6.07, 6.45) is -4.45. The molecule has 2 N–H and O–H groups in total. The van der Waals surface area contributed by atoms with Gasteiger partial charge in [-0.25, -0.2) is 10.8 Å². The van der Waals surface area contributed by atoms with Gasteiger partial charge in [-0.1, -0.05) is 0 Å². The Bertz CT molecular complexity index is 792. The van der Waals surface area contributed by atoms with Gasteiger partial charge >= 0.3 is 6.18 Å². The summed E-state index contributed by atoms with van der Waals surface area (Å²) in [5.41, 5.74) is -0.144. The number of alkyl halides is 3. The first-order chi connectivity index (χ1) is 9.38. The van der Waals surface area contributed by atoms with E-state index in [-0.39, 0.29) is 17.0 Å². The molecular formula is C10H8F3N7. The molecule has 0 aliphatic rings. The van der Waals surface area contributed by atoms with Crippen molar-refractivity contribution in [3.63, 3.8) is 0 Å². The molecule has 1 aromatic carbocycles. The number of tetrazole rings is 1. The third kappa shape index (κ3) is 1.81. The fourth-order valence-electron chi connectivity index (χ4n) is 1.85. The number of hydrogen-bond acceptors (Lipinski definition) is 6. The number of aromatic nitrogens is 5. The van der Waals surface area contributed by atoms with Gasteiger partial charge in [-0.05, 0) is 28.6 Å². The van der Waals surface area contributed by atoms with Crippen LogP contribution in [-0.2, 0) is 6.18 Å². The van der Waals surface area contributed by atoms with Crippen molar-refractivity contribution in [2.75, 3.05) is 12.1 Å². The van der Waals surface area contributed by atoms with E-state index in [1.165, 1.54) is 22.6 Å². The van der Waals surface area contributed by atoms with Gasteiger partial charge in [-0.3, -0.25) is 5.01 Å². The SMILES string of the molecule is CN(N)c1nc2ccc(C(F)(F)F)cc2n2nnnc12. The molecule has 0 aliphatic carbocycles. The van der Waals surface area contributed by atoms with Crippen molar-refractivity contribution in [1.82, 2.24) is 25.0 Å². The first kappa shape index (κ1) is 12.5. The van der Waals surface area contributed by atoms with E-state index in [0.29, 0.717) is 5.52 Å². The molecule has 0 atom stereocenters. The average Bonchev–Trinajstić information content (AvgIpc) is 2.85. The van der Waals surface area contributed by atoms with E-state index < -0.39 is 11.7 Å². The summed E-state index contributed by atoms with van der Waals surface area (Å²) in [6, 6.07) is 3.16. The molecule has 0 aliphatic heterocycles. The van der Waals surface area contributed by atoms with Gasteiger partial charge in [0.1, 0.15) is 0 Å². The fraction of sp³-hybridized carbons (Fsp3) is 0.200. The Labute approximate surface area is 109 Å². The minimum absolute atomic E-state index is 0.158. The van der Waals surface area contributed by atoms with E-state index in [1.807, 2.05) is 0 Å². The number of fused-ring (bicyclic) bond motifs is 3. The zero-order valence-corrected chi connectivity index (χ0v) is 10.1. The molecule has 0 amide bonds. The zero-order valence-electron chi connectivity index (χ0n) is 10.1. The third-order valence-corrected chi connectivity index (χ3v) is 2.76. The molecule has 0 unspecified atom stereocenters. The van der Waals surface area contributed by atoms with Crippen LogP contribution in [0, 0.1) is 0 Å². The summed E-state index contributed by atoms with van der Waals surface area (Å²) in [6.45, 7) is 0. The van der Waals surface area contributed by atoms with Gasteiger partial charge in [0.05, 0.1) is 16.6 Å². The highest BCUT2D eigenvalue weighted by Crippen LogP contribution is 2.31. The highest BCUT2D eigenvalue weighted by atomic mass is 19.4. The van der Waals surface area contributed by atoms with Crippen LogP contribution in [-0.4, -0.2) is 32.1 Å².